The SMILES string of the molecule is C=CCCCOc1ccc2c(c1)CCC(C1CCC(CC)CC1)C2. The van der Waals surface area contributed by atoms with Crippen LogP contribution < -0.4 is 4.74 Å². The van der Waals surface area contributed by atoms with Crippen LogP contribution in [0.4, 0.5) is 0 Å². The summed E-state index contributed by atoms with van der Waals surface area (Å²) >= 11 is 0. The Morgan fingerprint density at radius 3 is 2.67 bits per heavy atom. The minimum atomic E-state index is 0.800. The van der Waals surface area contributed by atoms with Gasteiger partial charge in [-0.2, -0.15) is 0 Å². The molecule has 1 heteroatoms. The molecule has 3 rings (SSSR count). The van der Waals surface area contributed by atoms with Gasteiger partial charge in [0.15, 0.2) is 0 Å². The Morgan fingerprint density at radius 1 is 1.08 bits per heavy atom. The molecule has 0 spiro atoms. The number of hydrogen-bond acceptors (Lipinski definition) is 1. The van der Waals surface area contributed by atoms with Crippen LogP contribution in [0.3, 0.4) is 0 Å². The zero-order chi connectivity index (χ0) is 16.8. The lowest BCUT2D eigenvalue weighted by Gasteiger charge is -2.36. The van der Waals surface area contributed by atoms with E-state index in [1.54, 1.807) is 5.56 Å². The summed E-state index contributed by atoms with van der Waals surface area (Å²) < 4.78 is 5.89. The van der Waals surface area contributed by atoms with Crippen LogP contribution in [0.25, 0.3) is 0 Å². The molecule has 2 aliphatic rings. The fraction of sp³-hybridized carbons (Fsp3) is 0.652. The first-order chi connectivity index (χ1) is 11.8. The van der Waals surface area contributed by atoms with Crippen molar-refractivity contribution in [3.8, 4) is 5.75 Å². The molecule has 1 unspecified atom stereocenters. The van der Waals surface area contributed by atoms with Gasteiger partial charge < -0.3 is 4.74 Å². The number of allylic oxidation sites excluding steroid dienone is 1. The molecule has 24 heavy (non-hydrogen) atoms. The Bertz CT molecular complexity index is 525. The zero-order valence-corrected chi connectivity index (χ0v) is 15.4. The van der Waals surface area contributed by atoms with Gasteiger partial charge in [-0.15, -0.1) is 6.58 Å². The van der Waals surface area contributed by atoms with Crippen molar-refractivity contribution < 1.29 is 4.74 Å². The monoisotopic (exact) mass is 326 g/mol. The van der Waals surface area contributed by atoms with Crippen LogP contribution in [-0.4, -0.2) is 6.61 Å². The summed E-state index contributed by atoms with van der Waals surface area (Å²) in [5.41, 5.74) is 3.12. The third kappa shape index (κ3) is 4.43. The molecule has 2 aliphatic carbocycles. The summed E-state index contributed by atoms with van der Waals surface area (Å²) in [4.78, 5) is 0. The molecular weight excluding hydrogens is 292 g/mol. The molecule has 0 heterocycles. The third-order valence-electron chi connectivity index (χ3n) is 6.40. The van der Waals surface area contributed by atoms with Gasteiger partial charge in [0, 0.05) is 0 Å². The van der Waals surface area contributed by atoms with Crippen LogP contribution in [0.15, 0.2) is 30.9 Å². The predicted molar refractivity (Wildman–Crippen MR) is 103 cm³/mol. The maximum atomic E-state index is 5.89. The van der Waals surface area contributed by atoms with Gasteiger partial charge in [0.2, 0.25) is 0 Å². The number of aryl methyl sites for hydroxylation is 1. The molecule has 0 saturated heterocycles. The maximum absolute atomic E-state index is 5.89. The molecule has 1 atom stereocenters. The second kappa shape index (κ2) is 8.74. The lowest BCUT2D eigenvalue weighted by atomic mass is 9.69. The van der Waals surface area contributed by atoms with E-state index in [0.717, 1.165) is 43.0 Å². The Labute approximate surface area is 148 Å². The summed E-state index contributed by atoms with van der Waals surface area (Å²) in [6.45, 7) is 6.92. The van der Waals surface area contributed by atoms with Crippen molar-refractivity contribution in [3.63, 3.8) is 0 Å². The van der Waals surface area contributed by atoms with Gasteiger partial charge in [-0.25, -0.2) is 0 Å². The topological polar surface area (TPSA) is 9.23 Å². The Hall–Kier alpha value is -1.24. The van der Waals surface area contributed by atoms with E-state index in [2.05, 4.69) is 31.7 Å². The normalized spacial score (nSPS) is 26.6. The highest BCUT2D eigenvalue weighted by atomic mass is 16.5. The second-order valence-electron chi connectivity index (χ2n) is 7.90. The van der Waals surface area contributed by atoms with E-state index >= 15 is 0 Å². The average molecular weight is 327 g/mol. The first kappa shape index (κ1) is 17.6. The Morgan fingerprint density at radius 2 is 1.92 bits per heavy atom. The van der Waals surface area contributed by atoms with Crippen molar-refractivity contribution >= 4 is 0 Å². The summed E-state index contributed by atoms with van der Waals surface area (Å²) in [6.07, 6.45) is 15.3. The van der Waals surface area contributed by atoms with Crippen LogP contribution in [0.1, 0.15) is 69.4 Å². The first-order valence-electron chi connectivity index (χ1n) is 10.2. The van der Waals surface area contributed by atoms with Gasteiger partial charge in [-0.1, -0.05) is 38.3 Å². The van der Waals surface area contributed by atoms with Gasteiger partial charge >= 0.3 is 0 Å². The van der Waals surface area contributed by atoms with Gasteiger partial charge in [-0.05, 0) is 86.0 Å². The van der Waals surface area contributed by atoms with Crippen molar-refractivity contribution in [2.45, 2.75) is 71.1 Å². The zero-order valence-electron chi connectivity index (χ0n) is 15.4. The van der Waals surface area contributed by atoms with Crippen molar-refractivity contribution in [1.82, 2.24) is 0 Å². The molecule has 1 aromatic carbocycles. The maximum Gasteiger partial charge on any atom is 0.119 e. The summed E-state index contributed by atoms with van der Waals surface area (Å²) in [5.74, 6) is 3.98. The number of ether oxygens (including phenoxy) is 1. The summed E-state index contributed by atoms with van der Waals surface area (Å²) in [7, 11) is 0. The van der Waals surface area contributed by atoms with Crippen molar-refractivity contribution in [2.24, 2.45) is 17.8 Å². The number of hydrogen-bond donors (Lipinski definition) is 0. The lowest BCUT2D eigenvalue weighted by molar-refractivity contribution is 0.187. The van der Waals surface area contributed by atoms with Gasteiger partial charge in [0.25, 0.3) is 0 Å². The van der Waals surface area contributed by atoms with Crippen LogP contribution in [-0.2, 0) is 12.8 Å². The van der Waals surface area contributed by atoms with Crippen LogP contribution in [0.2, 0.25) is 0 Å². The molecule has 1 fully saturated rings. The van der Waals surface area contributed by atoms with Crippen molar-refractivity contribution in [2.75, 3.05) is 6.61 Å². The Balaban J connectivity index is 1.53. The van der Waals surface area contributed by atoms with E-state index in [-0.39, 0.29) is 0 Å². The van der Waals surface area contributed by atoms with Crippen LogP contribution in [0, 0.1) is 17.8 Å². The molecule has 132 valence electrons. The highest BCUT2D eigenvalue weighted by molar-refractivity contribution is 5.37. The molecule has 0 bridgehead atoms. The molecular formula is C23H34O. The van der Waals surface area contributed by atoms with E-state index in [1.807, 2.05) is 6.08 Å². The number of benzene rings is 1. The van der Waals surface area contributed by atoms with Crippen molar-refractivity contribution in [1.29, 1.82) is 0 Å². The quantitative estimate of drug-likeness (QED) is 0.419. The molecule has 1 aromatic rings. The molecule has 0 radical (unpaired) electrons. The second-order valence-corrected chi connectivity index (χ2v) is 7.90. The van der Waals surface area contributed by atoms with Gasteiger partial charge in [0.05, 0.1) is 6.61 Å². The highest BCUT2D eigenvalue weighted by Crippen LogP contribution is 2.40. The van der Waals surface area contributed by atoms with Gasteiger partial charge in [-0.3, -0.25) is 0 Å². The van der Waals surface area contributed by atoms with E-state index in [4.69, 9.17) is 4.74 Å². The van der Waals surface area contributed by atoms with Crippen LogP contribution in [0.5, 0.6) is 5.75 Å². The standard InChI is InChI=1S/C23H34O/c1-3-5-6-15-24-23-14-13-21-16-20(11-12-22(21)17-23)19-9-7-18(4-2)8-10-19/h3,13-14,17-20H,1,4-12,15-16H2,2H3. The van der Waals surface area contributed by atoms with E-state index < -0.39 is 0 Å². The molecule has 0 N–H and O–H groups in total. The smallest absolute Gasteiger partial charge is 0.119 e. The molecule has 0 aromatic heterocycles. The fourth-order valence-electron chi connectivity index (χ4n) is 4.74. The minimum absolute atomic E-state index is 0.800. The van der Waals surface area contributed by atoms with Crippen molar-refractivity contribution in [3.05, 3.63) is 42.0 Å². The van der Waals surface area contributed by atoms with E-state index in [9.17, 15) is 0 Å². The molecule has 1 nitrogen and oxygen atoms in total. The molecule has 0 aliphatic heterocycles. The molecule has 1 saturated carbocycles. The first-order valence-corrected chi connectivity index (χ1v) is 10.2. The summed E-state index contributed by atoms with van der Waals surface area (Å²) in [6, 6.07) is 6.82. The van der Waals surface area contributed by atoms with Crippen LogP contribution >= 0.6 is 0 Å². The van der Waals surface area contributed by atoms with E-state index in [0.29, 0.717) is 0 Å². The fourth-order valence-corrected chi connectivity index (χ4v) is 4.74. The van der Waals surface area contributed by atoms with Gasteiger partial charge in [0.1, 0.15) is 5.75 Å². The number of fused-ring (bicyclic) bond motifs is 1. The number of unbranched alkanes of at least 4 members (excludes halogenated alkanes) is 1. The van der Waals surface area contributed by atoms with E-state index in [1.165, 1.54) is 56.9 Å². The third-order valence-corrected chi connectivity index (χ3v) is 6.40. The predicted octanol–water partition coefficient (Wildman–Crippen LogP) is 6.35. The largest absolute Gasteiger partial charge is 0.494 e. The number of rotatable bonds is 7. The summed E-state index contributed by atoms with van der Waals surface area (Å²) in [5, 5.41) is 0. The average Bonchev–Trinajstić information content (AvgIpc) is 2.65. The minimum Gasteiger partial charge on any atom is -0.494 e. The Kier molecular flexibility index (Phi) is 6.40. The lowest BCUT2D eigenvalue weighted by Crippen LogP contribution is -2.26. The molecule has 0 amide bonds. The highest BCUT2D eigenvalue weighted by Gasteiger charge is 2.29.